The zero-order chi connectivity index (χ0) is 16.6. The zero-order valence-electron chi connectivity index (χ0n) is 13.8. The predicted molar refractivity (Wildman–Crippen MR) is 90.9 cm³/mol. The summed E-state index contributed by atoms with van der Waals surface area (Å²) in [5.41, 5.74) is 0.626. The van der Waals surface area contributed by atoms with Gasteiger partial charge in [-0.3, -0.25) is 14.7 Å². The van der Waals surface area contributed by atoms with Gasteiger partial charge in [0.05, 0.1) is 16.5 Å². The lowest BCUT2D eigenvalue weighted by molar-refractivity contribution is -0.132. The van der Waals surface area contributed by atoms with Gasteiger partial charge >= 0.3 is 0 Å². The van der Waals surface area contributed by atoms with E-state index in [1.165, 1.54) is 4.68 Å². The van der Waals surface area contributed by atoms with Crippen LogP contribution in [0, 0.1) is 0 Å². The fourth-order valence-electron chi connectivity index (χ4n) is 4.02. The summed E-state index contributed by atoms with van der Waals surface area (Å²) in [6.07, 6.45) is 5.13. The number of hydrogen-bond acceptors (Lipinski definition) is 3. The summed E-state index contributed by atoms with van der Waals surface area (Å²) in [5, 5.41) is 3.65. The molecule has 2 aliphatic heterocycles. The Kier molecular flexibility index (Phi) is 3.92. The van der Waals surface area contributed by atoms with E-state index in [4.69, 9.17) is 4.74 Å². The van der Waals surface area contributed by atoms with Crippen molar-refractivity contribution < 1.29 is 9.53 Å². The van der Waals surface area contributed by atoms with E-state index < -0.39 is 0 Å². The number of likely N-dealkylation sites (tertiary alicyclic amines) is 1. The highest BCUT2D eigenvalue weighted by Crippen LogP contribution is 2.35. The average Bonchev–Trinajstić information content (AvgIpc) is 3.09. The first-order chi connectivity index (χ1) is 11.7. The van der Waals surface area contributed by atoms with Crippen molar-refractivity contribution in [3.05, 3.63) is 34.6 Å². The number of amides is 1. The minimum absolute atomic E-state index is 0.00120. The SMILES string of the molecule is O=C(Cn1[nH]c2ccccc2c1=O)N1CCCC2(CCCO2)CC1. The highest BCUT2D eigenvalue weighted by molar-refractivity contribution is 5.79. The quantitative estimate of drug-likeness (QED) is 0.915. The summed E-state index contributed by atoms with van der Waals surface area (Å²) in [6, 6.07) is 7.34. The molecular formula is C18H23N3O3. The molecule has 6 nitrogen and oxygen atoms in total. The van der Waals surface area contributed by atoms with Gasteiger partial charge in [-0.1, -0.05) is 12.1 Å². The zero-order valence-corrected chi connectivity index (χ0v) is 13.8. The van der Waals surface area contributed by atoms with Crippen LogP contribution in [0.2, 0.25) is 0 Å². The maximum Gasteiger partial charge on any atom is 0.274 e. The van der Waals surface area contributed by atoms with E-state index in [0.29, 0.717) is 11.9 Å². The van der Waals surface area contributed by atoms with E-state index in [0.717, 1.165) is 50.8 Å². The van der Waals surface area contributed by atoms with Crippen molar-refractivity contribution >= 4 is 16.8 Å². The van der Waals surface area contributed by atoms with E-state index >= 15 is 0 Å². The van der Waals surface area contributed by atoms with Crippen molar-refractivity contribution in [1.82, 2.24) is 14.7 Å². The first-order valence-electron chi connectivity index (χ1n) is 8.76. The van der Waals surface area contributed by atoms with Crippen molar-refractivity contribution in [3.63, 3.8) is 0 Å². The Labute approximate surface area is 140 Å². The van der Waals surface area contributed by atoms with Crippen molar-refractivity contribution in [2.45, 2.75) is 44.2 Å². The highest BCUT2D eigenvalue weighted by Gasteiger charge is 2.37. The molecule has 1 aromatic heterocycles. The van der Waals surface area contributed by atoms with Crippen LogP contribution in [0.1, 0.15) is 32.1 Å². The molecule has 1 spiro atoms. The monoisotopic (exact) mass is 329 g/mol. The number of carbonyl (C=O) groups is 1. The van der Waals surface area contributed by atoms with Crippen molar-refractivity contribution in [2.24, 2.45) is 0 Å². The molecule has 0 aliphatic carbocycles. The summed E-state index contributed by atoms with van der Waals surface area (Å²) < 4.78 is 7.38. The lowest BCUT2D eigenvalue weighted by Crippen LogP contribution is -2.38. The van der Waals surface area contributed by atoms with Gasteiger partial charge in [0.1, 0.15) is 6.54 Å². The average molecular weight is 329 g/mol. The first kappa shape index (κ1) is 15.4. The third kappa shape index (κ3) is 2.75. The van der Waals surface area contributed by atoms with Crippen molar-refractivity contribution in [3.8, 4) is 0 Å². The molecule has 2 fully saturated rings. The number of rotatable bonds is 2. The molecule has 2 saturated heterocycles. The topological polar surface area (TPSA) is 67.3 Å². The number of benzene rings is 1. The largest absolute Gasteiger partial charge is 0.375 e. The number of aromatic nitrogens is 2. The van der Waals surface area contributed by atoms with Gasteiger partial charge in [0.25, 0.3) is 5.56 Å². The highest BCUT2D eigenvalue weighted by atomic mass is 16.5. The van der Waals surface area contributed by atoms with Gasteiger partial charge in [-0.25, -0.2) is 4.68 Å². The number of fused-ring (bicyclic) bond motifs is 1. The third-order valence-electron chi connectivity index (χ3n) is 5.39. The first-order valence-corrected chi connectivity index (χ1v) is 8.76. The van der Waals surface area contributed by atoms with E-state index in [9.17, 15) is 9.59 Å². The van der Waals surface area contributed by atoms with E-state index in [1.807, 2.05) is 23.1 Å². The molecule has 6 heteroatoms. The van der Waals surface area contributed by atoms with Crippen LogP contribution in [0.25, 0.3) is 10.9 Å². The van der Waals surface area contributed by atoms with Crippen LogP contribution in [0.15, 0.2) is 29.1 Å². The number of ether oxygens (including phenoxy) is 1. The molecule has 2 aliphatic rings. The van der Waals surface area contributed by atoms with Crippen LogP contribution in [0.5, 0.6) is 0 Å². The molecule has 2 aromatic rings. The number of hydrogen-bond donors (Lipinski definition) is 1. The molecular weight excluding hydrogens is 306 g/mol. The molecule has 0 radical (unpaired) electrons. The second kappa shape index (κ2) is 6.09. The second-order valence-electron chi connectivity index (χ2n) is 6.92. The number of H-pyrrole nitrogens is 1. The van der Waals surface area contributed by atoms with Crippen molar-refractivity contribution in [2.75, 3.05) is 19.7 Å². The Balaban J connectivity index is 1.47. The van der Waals surface area contributed by atoms with Gasteiger partial charge in [-0.2, -0.15) is 0 Å². The second-order valence-corrected chi connectivity index (χ2v) is 6.92. The summed E-state index contributed by atoms with van der Waals surface area (Å²) >= 11 is 0. The van der Waals surface area contributed by atoms with Crippen LogP contribution in [-0.4, -0.2) is 45.9 Å². The summed E-state index contributed by atoms with van der Waals surface area (Å²) in [7, 11) is 0. The fraction of sp³-hybridized carbons (Fsp3) is 0.556. The van der Waals surface area contributed by atoms with E-state index in [1.54, 1.807) is 6.07 Å². The van der Waals surface area contributed by atoms with Gasteiger partial charge in [-0.05, 0) is 44.2 Å². The number of para-hydroxylation sites is 1. The van der Waals surface area contributed by atoms with Gasteiger partial charge < -0.3 is 9.64 Å². The molecule has 1 unspecified atom stereocenters. The lowest BCUT2D eigenvalue weighted by Gasteiger charge is -2.26. The Morgan fingerprint density at radius 3 is 2.79 bits per heavy atom. The third-order valence-corrected chi connectivity index (χ3v) is 5.39. The molecule has 4 rings (SSSR count). The van der Waals surface area contributed by atoms with Crippen LogP contribution in [0.4, 0.5) is 0 Å². The molecule has 1 atom stereocenters. The molecule has 1 amide bonds. The molecule has 24 heavy (non-hydrogen) atoms. The Hall–Kier alpha value is -2.08. The fourth-order valence-corrected chi connectivity index (χ4v) is 4.02. The van der Waals surface area contributed by atoms with Gasteiger partial charge in [0.15, 0.2) is 0 Å². The molecule has 1 aromatic carbocycles. The Morgan fingerprint density at radius 1 is 1.17 bits per heavy atom. The van der Waals surface area contributed by atoms with Crippen LogP contribution in [0.3, 0.4) is 0 Å². The molecule has 1 N–H and O–H groups in total. The van der Waals surface area contributed by atoms with Gasteiger partial charge in [0, 0.05) is 19.7 Å². The standard InChI is InChI=1S/C18H23N3O3/c22-16(13-21-17(23)14-5-1-2-6-15(14)19-21)20-10-3-7-18(9-11-20)8-4-12-24-18/h1-2,5-6,19H,3-4,7-13H2. The maximum absolute atomic E-state index is 12.7. The summed E-state index contributed by atoms with van der Waals surface area (Å²) in [4.78, 5) is 26.9. The number of aromatic amines is 1. The van der Waals surface area contributed by atoms with E-state index in [2.05, 4.69) is 5.10 Å². The normalized spacial score (nSPS) is 24.6. The molecule has 0 saturated carbocycles. The number of carbonyl (C=O) groups excluding carboxylic acids is 1. The van der Waals surface area contributed by atoms with Crippen LogP contribution < -0.4 is 5.56 Å². The Bertz CT molecular complexity index is 801. The Morgan fingerprint density at radius 2 is 2.00 bits per heavy atom. The molecule has 128 valence electrons. The summed E-state index contributed by atoms with van der Waals surface area (Å²) in [5.74, 6) is -0.00120. The molecule has 3 heterocycles. The maximum atomic E-state index is 12.7. The van der Waals surface area contributed by atoms with Gasteiger partial charge in [-0.15, -0.1) is 0 Å². The number of nitrogens with zero attached hydrogens (tertiary/aromatic N) is 2. The predicted octanol–water partition coefficient (Wildman–Crippen LogP) is 1.89. The minimum Gasteiger partial charge on any atom is -0.375 e. The van der Waals surface area contributed by atoms with Crippen LogP contribution in [-0.2, 0) is 16.1 Å². The number of nitrogens with one attached hydrogen (secondary N) is 1. The lowest BCUT2D eigenvalue weighted by atomic mass is 9.92. The molecule has 0 bridgehead atoms. The smallest absolute Gasteiger partial charge is 0.274 e. The van der Waals surface area contributed by atoms with E-state index in [-0.39, 0.29) is 23.6 Å². The van der Waals surface area contributed by atoms with Gasteiger partial charge in [0.2, 0.25) is 5.91 Å². The van der Waals surface area contributed by atoms with Crippen LogP contribution >= 0.6 is 0 Å². The summed E-state index contributed by atoms with van der Waals surface area (Å²) in [6.45, 7) is 2.38. The minimum atomic E-state index is -0.135. The van der Waals surface area contributed by atoms with Crippen molar-refractivity contribution in [1.29, 1.82) is 0 Å².